The van der Waals surface area contributed by atoms with Crippen LogP contribution in [-0.4, -0.2) is 19.8 Å². The first kappa shape index (κ1) is 14.4. The highest BCUT2D eigenvalue weighted by Gasteiger charge is 2.28. The van der Waals surface area contributed by atoms with Crippen molar-refractivity contribution >= 4 is 0 Å². The van der Waals surface area contributed by atoms with Crippen LogP contribution in [0.3, 0.4) is 0 Å². The van der Waals surface area contributed by atoms with Crippen LogP contribution >= 0.6 is 0 Å². The zero-order chi connectivity index (χ0) is 13.7. The zero-order valence-corrected chi connectivity index (χ0v) is 12.0. The molecule has 0 saturated heterocycles. The minimum absolute atomic E-state index is 0.316. The Morgan fingerprint density at radius 1 is 1.21 bits per heavy atom. The van der Waals surface area contributed by atoms with E-state index < -0.39 is 0 Å². The Morgan fingerprint density at radius 3 is 2.58 bits per heavy atom. The second-order valence-corrected chi connectivity index (χ2v) is 5.61. The van der Waals surface area contributed by atoms with Gasteiger partial charge in [-0.15, -0.1) is 0 Å². The fourth-order valence-electron chi connectivity index (χ4n) is 2.79. The van der Waals surface area contributed by atoms with Gasteiger partial charge in [-0.05, 0) is 48.9 Å². The van der Waals surface area contributed by atoms with Crippen LogP contribution < -0.4 is 10.5 Å². The van der Waals surface area contributed by atoms with Crippen molar-refractivity contribution in [2.24, 2.45) is 17.6 Å². The molecular weight excluding hydrogens is 238 g/mol. The molecule has 0 amide bonds. The highest BCUT2D eigenvalue weighted by atomic mass is 16.5. The summed E-state index contributed by atoms with van der Waals surface area (Å²) in [6.45, 7) is 3.70. The van der Waals surface area contributed by atoms with E-state index in [0.29, 0.717) is 18.6 Å². The van der Waals surface area contributed by atoms with E-state index in [4.69, 9.17) is 15.2 Å². The Labute approximate surface area is 116 Å². The van der Waals surface area contributed by atoms with E-state index in [2.05, 4.69) is 19.1 Å². The molecule has 3 heteroatoms. The van der Waals surface area contributed by atoms with Crippen molar-refractivity contribution in [2.45, 2.75) is 38.9 Å². The summed E-state index contributed by atoms with van der Waals surface area (Å²) < 4.78 is 11.3. The Bertz CT molecular complexity index is 377. The summed E-state index contributed by atoms with van der Waals surface area (Å²) in [7, 11) is 1.68. The van der Waals surface area contributed by atoms with Crippen molar-refractivity contribution in [2.75, 3.05) is 13.7 Å². The number of rotatable bonds is 5. The standard InChI is InChI=1S/C16H25NO2/c1-12-3-6-14(10-17)16(9-12)19-11-13-4-7-15(18-2)8-5-13/h4-5,7-8,12,14,16H,3,6,9-11,17H2,1-2H3. The fraction of sp³-hybridized carbons (Fsp3) is 0.625. The van der Waals surface area contributed by atoms with E-state index >= 15 is 0 Å². The molecule has 1 saturated carbocycles. The highest BCUT2D eigenvalue weighted by Crippen LogP contribution is 2.30. The molecule has 1 aliphatic carbocycles. The monoisotopic (exact) mass is 263 g/mol. The van der Waals surface area contributed by atoms with Crippen molar-refractivity contribution in [1.82, 2.24) is 0 Å². The lowest BCUT2D eigenvalue weighted by molar-refractivity contribution is -0.0306. The van der Waals surface area contributed by atoms with Gasteiger partial charge in [0.2, 0.25) is 0 Å². The maximum absolute atomic E-state index is 6.10. The van der Waals surface area contributed by atoms with Crippen LogP contribution in [0.1, 0.15) is 31.7 Å². The van der Waals surface area contributed by atoms with Gasteiger partial charge >= 0.3 is 0 Å². The highest BCUT2D eigenvalue weighted by molar-refractivity contribution is 5.26. The van der Waals surface area contributed by atoms with E-state index in [1.807, 2.05) is 12.1 Å². The number of hydrogen-bond acceptors (Lipinski definition) is 3. The van der Waals surface area contributed by atoms with Crippen molar-refractivity contribution in [1.29, 1.82) is 0 Å². The predicted molar refractivity (Wildman–Crippen MR) is 77.1 cm³/mol. The normalized spacial score (nSPS) is 27.2. The summed E-state index contributed by atoms with van der Waals surface area (Å²) in [5.74, 6) is 2.16. The number of ether oxygens (including phenoxy) is 2. The third-order valence-corrected chi connectivity index (χ3v) is 4.12. The molecule has 1 fully saturated rings. The largest absolute Gasteiger partial charge is 0.497 e. The Kier molecular flexibility index (Phi) is 5.23. The lowest BCUT2D eigenvalue weighted by Gasteiger charge is -2.34. The molecule has 2 N–H and O–H groups in total. The summed E-state index contributed by atoms with van der Waals surface area (Å²) in [5, 5.41) is 0. The molecule has 106 valence electrons. The molecule has 2 rings (SSSR count). The first-order valence-electron chi connectivity index (χ1n) is 7.17. The molecule has 3 atom stereocenters. The number of nitrogens with two attached hydrogens (primary N) is 1. The molecule has 0 radical (unpaired) electrons. The molecule has 0 bridgehead atoms. The molecule has 3 nitrogen and oxygen atoms in total. The van der Waals surface area contributed by atoms with Gasteiger partial charge in [0, 0.05) is 0 Å². The SMILES string of the molecule is COc1ccc(COC2CC(C)CCC2CN)cc1. The van der Waals surface area contributed by atoms with Crippen LogP contribution in [0.5, 0.6) is 5.75 Å². The number of methoxy groups -OCH3 is 1. The van der Waals surface area contributed by atoms with E-state index in [1.54, 1.807) is 7.11 Å². The minimum Gasteiger partial charge on any atom is -0.497 e. The molecule has 0 spiro atoms. The third kappa shape index (κ3) is 3.95. The van der Waals surface area contributed by atoms with Gasteiger partial charge in [0.25, 0.3) is 0 Å². The summed E-state index contributed by atoms with van der Waals surface area (Å²) in [5.41, 5.74) is 7.04. The number of hydrogen-bond donors (Lipinski definition) is 1. The van der Waals surface area contributed by atoms with Gasteiger partial charge in [0.15, 0.2) is 0 Å². The van der Waals surface area contributed by atoms with Crippen LogP contribution in [0.2, 0.25) is 0 Å². The maximum Gasteiger partial charge on any atom is 0.118 e. The van der Waals surface area contributed by atoms with Crippen LogP contribution in [0, 0.1) is 11.8 Å². The van der Waals surface area contributed by atoms with Gasteiger partial charge in [-0.3, -0.25) is 0 Å². The van der Waals surface area contributed by atoms with E-state index in [9.17, 15) is 0 Å². The van der Waals surface area contributed by atoms with Crippen LogP contribution in [0.25, 0.3) is 0 Å². The van der Waals surface area contributed by atoms with Gasteiger partial charge in [0.1, 0.15) is 5.75 Å². The molecule has 19 heavy (non-hydrogen) atoms. The first-order chi connectivity index (χ1) is 9.22. The third-order valence-electron chi connectivity index (χ3n) is 4.12. The summed E-state index contributed by atoms with van der Waals surface area (Å²) in [6.07, 6.45) is 3.93. The van der Waals surface area contributed by atoms with E-state index in [1.165, 1.54) is 18.4 Å². The topological polar surface area (TPSA) is 44.5 Å². The fourth-order valence-corrected chi connectivity index (χ4v) is 2.79. The number of benzene rings is 1. The van der Waals surface area contributed by atoms with Gasteiger partial charge < -0.3 is 15.2 Å². The van der Waals surface area contributed by atoms with Gasteiger partial charge in [-0.2, -0.15) is 0 Å². The summed E-state index contributed by atoms with van der Waals surface area (Å²) in [6, 6.07) is 8.07. The minimum atomic E-state index is 0.316. The molecule has 0 aliphatic heterocycles. The van der Waals surface area contributed by atoms with Gasteiger partial charge in [-0.1, -0.05) is 25.5 Å². The van der Waals surface area contributed by atoms with E-state index in [-0.39, 0.29) is 0 Å². The second kappa shape index (κ2) is 6.92. The first-order valence-corrected chi connectivity index (χ1v) is 7.17. The van der Waals surface area contributed by atoms with Crippen LogP contribution in [0.15, 0.2) is 24.3 Å². The molecule has 0 heterocycles. The van der Waals surface area contributed by atoms with Crippen molar-refractivity contribution in [3.05, 3.63) is 29.8 Å². The van der Waals surface area contributed by atoms with Crippen LogP contribution in [-0.2, 0) is 11.3 Å². The molecule has 1 aromatic carbocycles. The quantitative estimate of drug-likeness (QED) is 0.888. The zero-order valence-electron chi connectivity index (χ0n) is 12.0. The average Bonchev–Trinajstić information content (AvgIpc) is 2.46. The lowest BCUT2D eigenvalue weighted by Crippen LogP contribution is -2.35. The Hall–Kier alpha value is -1.06. The molecule has 3 unspecified atom stereocenters. The van der Waals surface area contributed by atoms with Gasteiger partial charge in [0.05, 0.1) is 19.8 Å². The summed E-state index contributed by atoms with van der Waals surface area (Å²) in [4.78, 5) is 0. The molecule has 1 aliphatic rings. The predicted octanol–water partition coefficient (Wildman–Crippen LogP) is 2.98. The van der Waals surface area contributed by atoms with Crippen molar-refractivity contribution in [3.63, 3.8) is 0 Å². The van der Waals surface area contributed by atoms with Crippen molar-refractivity contribution in [3.8, 4) is 5.75 Å². The Morgan fingerprint density at radius 2 is 1.95 bits per heavy atom. The Balaban J connectivity index is 1.88. The molecule has 0 aromatic heterocycles. The van der Waals surface area contributed by atoms with Gasteiger partial charge in [-0.25, -0.2) is 0 Å². The van der Waals surface area contributed by atoms with Crippen molar-refractivity contribution < 1.29 is 9.47 Å². The lowest BCUT2D eigenvalue weighted by atomic mass is 9.80. The maximum atomic E-state index is 6.10. The summed E-state index contributed by atoms with van der Waals surface area (Å²) >= 11 is 0. The molecule has 1 aromatic rings. The smallest absolute Gasteiger partial charge is 0.118 e. The average molecular weight is 263 g/mol. The van der Waals surface area contributed by atoms with E-state index in [0.717, 1.165) is 24.6 Å². The molecular formula is C16H25NO2. The second-order valence-electron chi connectivity index (χ2n) is 5.61. The van der Waals surface area contributed by atoms with Crippen LogP contribution in [0.4, 0.5) is 0 Å².